The van der Waals surface area contributed by atoms with E-state index >= 15 is 0 Å². The van der Waals surface area contributed by atoms with E-state index in [0.717, 1.165) is 30.4 Å². The Hall–Kier alpha value is -1.62. The first-order valence-corrected chi connectivity index (χ1v) is 8.84. The third-order valence-electron chi connectivity index (χ3n) is 5.15. The highest BCUT2D eigenvalue weighted by atomic mass is 16.6. The number of ether oxygens (including phenoxy) is 1. The average Bonchev–Trinajstić information content (AvgIpc) is 2.44. The third kappa shape index (κ3) is 3.27. The number of nitrogens with zero attached hydrogens (tertiary/aromatic N) is 2. The van der Waals surface area contributed by atoms with Gasteiger partial charge in [-0.3, -0.25) is 4.98 Å². The summed E-state index contributed by atoms with van der Waals surface area (Å²) < 4.78 is 5.60. The van der Waals surface area contributed by atoms with Crippen LogP contribution in [0.2, 0.25) is 0 Å². The normalized spacial score (nSPS) is 30.1. The average molecular weight is 332 g/mol. The van der Waals surface area contributed by atoms with Gasteiger partial charge >= 0.3 is 6.09 Å². The van der Waals surface area contributed by atoms with Crippen molar-refractivity contribution in [3.63, 3.8) is 0 Å². The van der Waals surface area contributed by atoms with Gasteiger partial charge in [-0.25, -0.2) is 4.79 Å². The van der Waals surface area contributed by atoms with E-state index in [2.05, 4.69) is 4.98 Å². The Labute approximate surface area is 144 Å². The van der Waals surface area contributed by atoms with Crippen molar-refractivity contribution >= 4 is 6.09 Å². The molecule has 0 aromatic carbocycles. The second-order valence-corrected chi connectivity index (χ2v) is 8.26. The highest BCUT2D eigenvalue weighted by Crippen LogP contribution is 2.45. The number of carbonyl (C=O) groups excluding carboxylic acids is 1. The molecule has 2 saturated heterocycles. The lowest BCUT2D eigenvalue weighted by Gasteiger charge is -2.52. The van der Waals surface area contributed by atoms with Crippen molar-refractivity contribution in [3.8, 4) is 0 Å². The van der Waals surface area contributed by atoms with Crippen LogP contribution < -0.4 is 0 Å². The van der Waals surface area contributed by atoms with Crippen molar-refractivity contribution < 1.29 is 14.6 Å². The van der Waals surface area contributed by atoms with Crippen LogP contribution in [-0.4, -0.2) is 38.8 Å². The Morgan fingerprint density at radius 3 is 2.50 bits per heavy atom. The number of aliphatic hydroxyl groups is 1. The highest BCUT2D eigenvalue weighted by Gasteiger charge is 2.49. The van der Waals surface area contributed by atoms with Gasteiger partial charge in [0, 0.05) is 42.9 Å². The number of hydrogen-bond donors (Lipinski definition) is 1. The fraction of sp³-hybridized carbons (Fsp3) is 0.684. The lowest BCUT2D eigenvalue weighted by Crippen LogP contribution is -2.59. The molecule has 2 unspecified atom stereocenters. The Bertz CT molecular complexity index is 609. The maximum absolute atomic E-state index is 12.7. The number of rotatable bonds is 1. The first kappa shape index (κ1) is 17.2. The first-order chi connectivity index (χ1) is 11.2. The molecule has 5 nitrogen and oxygen atoms in total. The minimum Gasteiger partial charge on any atom is -0.444 e. The largest absolute Gasteiger partial charge is 0.444 e. The first-order valence-electron chi connectivity index (χ1n) is 8.84. The zero-order valence-electron chi connectivity index (χ0n) is 15.1. The molecule has 5 heteroatoms. The van der Waals surface area contributed by atoms with Crippen LogP contribution in [-0.2, 0) is 10.3 Å². The van der Waals surface area contributed by atoms with Gasteiger partial charge in [-0.1, -0.05) is 0 Å². The standard InChI is InChI=1S/C19H28N2O3/c1-13-8-9-20-12-16(13)19(23)10-14-6-5-7-15(11-19)21(14)17(22)24-18(2,3)4/h8-9,12,14-15,23H,5-7,10-11H2,1-4H3. The summed E-state index contributed by atoms with van der Waals surface area (Å²) in [7, 11) is 0. The molecule has 2 aliphatic heterocycles. The van der Waals surface area contributed by atoms with Gasteiger partial charge in [0.1, 0.15) is 5.60 Å². The molecule has 0 spiro atoms. The van der Waals surface area contributed by atoms with E-state index in [4.69, 9.17) is 4.74 Å². The van der Waals surface area contributed by atoms with E-state index in [0.29, 0.717) is 12.8 Å². The van der Waals surface area contributed by atoms with E-state index in [1.165, 1.54) is 0 Å². The van der Waals surface area contributed by atoms with E-state index in [-0.39, 0.29) is 18.2 Å². The maximum Gasteiger partial charge on any atom is 0.410 e. The molecule has 3 rings (SSSR count). The van der Waals surface area contributed by atoms with Gasteiger partial charge < -0.3 is 14.7 Å². The van der Waals surface area contributed by atoms with E-state index in [9.17, 15) is 9.90 Å². The number of hydrogen-bond acceptors (Lipinski definition) is 4. The van der Waals surface area contributed by atoms with Crippen LogP contribution in [0.4, 0.5) is 4.79 Å². The number of pyridine rings is 1. The topological polar surface area (TPSA) is 62.7 Å². The van der Waals surface area contributed by atoms with Crippen LogP contribution in [0.5, 0.6) is 0 Å². The molecule has 0 aliphatic carbocycles. The zero-order chi connectivity index (χ0) is 17.5. The smallest absolute Gasteiger partial charge is 0.410 e. The second-order valence-electron chi connectivity index (χ2n) is 8.26. The Kier molecular flexibility index (Phi) is 4.32. The van der Waals surface area contributed by atoms with Crippen LogP contribution in [0.3, 0.4) is 0 Å². The lowest BCUT2D eigenvalue weighted by molar-refractivity contribution is -0.0968. The van der Waals surface area contributed by atoms with E-state index in [1.807, 2.05) is 38.7 Å². The summed E-state index contributed by atoms with van der Waals surface area (Å²) in [6, 6.07) is 1.98. The Balaban J connectivity index is 1.86. The van der Waals surface area contributed by atoms with Crippen molar-refractivity contribution in [2.45, 2.75) is 83.1 Å². The van der Waals surface area contributed by atoms with Crippen LogP contribution in [0.1, 0.15) is 64.0 Å². The number of carbonyl (C=O) groups is 1. The molecule has 1 amide bonds. The van der Waals surface area contributed by atoms with Crippen LogP contribution in [0.25, 0.3) is 0 Å². The van der Waals surface area contributed by atoms with Crippen molar-refractivity contribution in [3.05, 3.63) is 29.6 Å². The molecule has 132 valence electrons. The SMILES string of the molecule is Cc1ccncc1C1(O)CC2CCCC(C1)N2C(=O)OC(C)(C)C. The van der Waals surface area contributed by atoms with Crippen LogP contribution >= 0.6 is 0 Å². The van der Waals surface area contributed by atoms with Crippen molar-refractivity contribution in [2.24, 2.45) is 0 Å². The Morgan fingerprint density at radius 1 is 1.33 bits per heavy atom. The van der Waals surface area contributed by atoms with Crippen LogP contribution in [0.15, 0.2) is 18.5 Å². The molecule has 0 radical (unpaired) electrons. The molecule has 1 aromatic heterocycles. The molecule has 2 fully saturated rings. The minimum absolute atomic E-state index is 0.0250. The second kappa shape index (κ2) is 6.03. The summed E-state index contributed by atoms with van der Waals surface area (Å²) in [4.78, 5) is 18.7. The molecule has 2 bridgehead atoms. The summed E-state index contributed by atoms with van der Waals surface area (Å²) in [5.74, 6) is 0. The van der Waals surface area contributed by atoms with Gasteiger partial charge in [0.25, 0.3) is 0 Å². The lowest BCUT2D eigenvalue weighted by atomic mass is 9.72. The molecule has 1 aromatic rings. The molecule has 1 N–H and O–H groups in total. The molecule has 2 aliphatic rings. The van der Waals surface area contributed by atoms with Crippen LogP contribution in [0, 0.1) is 6.92 Å². The number of piperidine rings is 2. The zero-order valence-corrected chi connectivity index (χ0v) is 15.1. The number of aryl methyl sites for hydroxylation is 1. The van der Waals surface area contributed by atoms with Gasteiger partial charge in [0.15, 0.2) is 0 Å². The van der Waals surface area contributed by atoms with Gasteiger partial charge in [-0.15, -0.1) is 0 Å². The minimum atomic E-state index is -0.910. The fourth-order valence-corrected chi connectivity index (χ4v) is 4.21. The predicted octanol–water partition coefficient (Wildman–Crippen LogP) is 3.53. The highest BCUT2D eigenvalue weighted by molar-refractivity contribution is 5.69. The molecule has 0 saturated carbocycles. The molecule has 3 heterocycles. The van der Waals surface area contributed by atoms with Gasteiger partial charge in [0.2, 0.25) is 0 Å². The summed E-state index contributed by atoms with van der Waals surface area (Å²) in [5, 5.41) is 11.3. The summed E-state index contributed by atoms with van der Waals surface area (Å²) in [6.45, 7) is 7.67. The van der Waals surface area contributed by atoms with Crippen molar-refractivity contribution in [1.82, 2.24) is 9.88 Å². The predicted molar refractivity (Wildman–Crippen MR) is 91.6 cm³/mol. The monoisotopic (exact) mass is 332 g/mol. The summed E-state index contributed by atoms with van der Waals surface area (Å²) >= 11 is 0. The molecular formula is C19H28N2O3. The number of aromatic nitrogens is 1. The molecule has 24 heavy (non-hydrogen) atoms. The van der Waals surface area contributed by atoms with Gasteiger partial charge in [-0.2, -0.15) is 0 Å². The number of fused-ring (bicyclic) bond motifs is 2. The molecule has 2 atom stereocenters. The fourth-order valence-electron chi connectivity index (χ4n) is 4.21. The van der Waals surface area contributed by atoms with Gasteiger partial charge in [-0.05, 0) is 58.6 Å². The van der Waals surface area contributed by atoms with Gasteiger partial charge in [0.05, 0.1) is 5.60 Å². The van der Waals surface area contributed by atoms with Crippen molar-refractivity contribution in [1.29, 1.82) is 0 Å². The molecular weight excluding hydrogens is 304 g/mol. The third-order valence-corrected chi connectivity index (χ3v) is 5.15. The summed E-state index contributed by atoms with van der Waals surface area (Å²) in [5.41, 5.74) is 0.535. The maximum atomic E-state index is 12.7. The van der Waals surface area contributed by atoms with E-state index in [1.54, 1.807) is 12.4 Å². The number of amides is 1. The Morgan fingerprint density at radius 2 is 1.96 bits per heavy atom. The van der Waals surface area contributed by atoms with E-state index < -0.39 is 11.2 Å². The summed E-state index contributed by atoms with van der Waals surface area (Å²) in [6.07, 6.45) is 7.30. The quantitative estimate of drug-likeness (QED) is 0.854. The van der Waals surface area contributed by atoms with Crippen molar-refractivity contribution in [2.75, 3.05) is 0 Å².